The van der Waals surface area contributed by atoms with E-state index < -0.39 is 4.92 Å². The molecule has 2 aromatic rings. The number of nitrogens with one attached hydrogen (secondary N) is 1. The number of nitro groups is 1. The van der Waals surface area contributed by atoms with Crippen LogP contribution < -0.4 is 5.32 Å². The minimum atomic E-state index is -0.492. The van der Waals surface area contributed by atoms with Crippen LogP contribution in [0.2, 0.25) is 0 Å². The summed E-state index contributed by atoms with van der Waals surface area (Å²) in [6.45, 7) is 2.43. The van der Waals surface area contributed by atoms with Crippen molar-refractivity contribution in [3.8, 4) is 0 Å². The van der Waals surface area contributed by atoms with Gasteiger partial charge in [-0.3, -0.25) is 14.9 Å². The highest BCUT2D eigenvalue weighted by atomic mass is 16.6. The van der Waals surface area contributed by atoms with E-state index in [-0.39, 0.29) is 11.6 Å². The number of hydrogen-bond donors (Lipinski definition) is 1. The third-order valence-electron chi connectivity index (χ3n) is 2.91. The Labute approximate surface area is 116 Å². The third kappa shape index (κ3) is 3.41. The van der Waals surface area contributed by atoms with E-state index in [1.54, 1.807) is 0 Å². The van der Waals surface area contributed by atoms with Crippen LogP contribution in [0.3, 0.4) is 0 Å². The molecule has 2 aromatic carbocycles. The van der Waals surface area contributed by atoms with Crippen LogP contribution in [0.4, 0.5) is 5.69 Å². The fourth-order valence-electron chi connectivity index (χ4n) is 1.72. The van der Waals surface area contributed by atoms with Crippen LogP contribution in [0.15, 0.2) is 48.5 Å². The molecule has 0 fully saturated rings. The molecule has 2 rings (SSSR count). The Kier molecular flexibility index (Phi) is 4.10. The average Bonchev–Trinajstić information content (AvgIpc) is 2.46. The van der Waals surface area contributed by atoms with E-state index in [9.17, 15) is 14.9 Å². The summed E-state index contributed by atoms with van der Waals surface area (Å²) in [7, 11) is 0. The van der Waals surface area contributed by atoms with Crippen LogP contribution in [-0.4, -0.2) is 10.8 Å². The summed E-state index contributed by atoms with van der Waals surface area (Å²) in [5.41, 5.74) is 2.55. The SMILES string of the molecule is Cc1ccc(CNC(=O)c2ccc([N+](=O)[O-])cc2)cc1. The maximum Gasteiger partial charge on any atom is 0.269 e. The van der Waals surface area contributed by atoms with E-state index in [1.807, 2.05) is 31.2 Å². The molecule has 0 aliphatic rings. The number of aryl methyl sites for hydroxylation is 1. The Morgan fingerprint density at radius 1 is 1.10 bits per heavy atom. The summed E-state index contributed by atoms with van der Waals surface area (Å²) in [6, 6.07) is 13.4. The van der Waals surface area contributed by atoms with E-state index in [2.05, 4.69) is 5.32 Å². The molecule has 0 radical (unpaired) electrons. The molecule has 0 unspecified atom stereocenters. The normalized spacial score (nSPS) is 10.1. The Morgan fingerprint density at radius 2 is 1.70 bits per heavy atom. The van der Waals surface area contributed by atoms with Gasteiger partial charge in [0.2, 0.25) is 0 Å². The maximum atomic E-state index is 11.9. The van der Waals surface area contributed by atoms with E-state index in [0.29, 0.717) is 12.1 Å². The zero-order chi connectivity index (χ0) is 14.5. The van der Waals surface area contributed by atoms with E-state index in [4.69, 9.17) is 0 Å². The molecule has 0 heterocycles. The number of non-ortho nitro benzene ring substituents is 1. The standard InChI is InChI=1S/C15H14N2O3/c1-11-2-4-12(5-3-11)10-16-15(18)13-6-8-14(9-7-13)17(19)20/h2-9H,10H2,1H3,(H,16,18). The Bertz CT molecular complexity index is 619. The maximum absolute atomic E-state index is 11.9. The van der Waals surface area contributed by atoms with Gasteiger partial charge in [0.15, 0.2) is 0 Å². The van der Waals surface area contributed by atoms with Crippen LogP contribution in [0.5, 0.6) is 0 Å². The second-order valence-corrected chi connectivity index (χ2v) is 4.47. The van der Waals surface area contributed by atoms with Crippen molar-refractivity contribution in [3.05, 3.63) is 75.3 Å². The van der Waals surface area contributed by atoms with Crippen molar-refractivity contribution in [2.45, 2.75) is 13.5 Å². The molecule has 102 valence electrons. The predicted molar refractivity (Wildman–Crippen MR) is 75.4 cm³/mol. The Morgan fingerprint density at radius 3 is 2.25 bits per heavy atom. The van der Waals surface area contributed by atoms with Crippen molar-refractivity contribution in [2.24, 2.45) is 0 Å². The van der Waals surface area contributed by atoms with Crippen LogP contribution >= 0.6 is 0 Å². The number of nitrogens with zero attached hydrogens (tertiary/aromatic N) is 1. The lowest BCUT2D eigenvalue weighted by molar-refractivity contribution is -0.384. The molecular formula is C15H14N2O3. The van der Waals surface area contributed by atoms with Gasteiger partial charge < -0.3 is 5.32 Å². The van der Waals surface area contributed by atoms with Gasteiger partial charge in [0.25, 0.3) is 11.6 Å². The van der Waals surface area contributed by atoms with Crippen molar-refractivity contribution < 1.29 is 9.72 Å². The molecule has 0 atom stereocenters. The molecule has 5 nitrogen and oxygen atoms in total. The first-order valence-corrected chi connectivity index (χ1v) is 6.14. The molecule has 0 aliphatic heterocycles. The number of rotatable bonds is 4. The van der Waals surface area contributed by atoms with Gasteiger partial charge in [-0.05, 0) is 24.6 Å². The third-order valence-corrected chi connectivity index (χ3v) is 2.91. The van der Waals surface area contributed by atoms with Gasteiger partial charge in [0, 0.05) is 24.2 Å². The summed E-state index contributed by atoms with van der Waals surface area (Å²) in [6.07, 6.45) is 0. The Hall–Kier alpha value is -2.69. The molecule has 0 saturated carbocycles. The summed E-state index contributed by atoms with van der Waals surface area (Å²) in [5, 5.41) is 13.3. The van der Waals surface area contributed by atoms with Crippen molar-refractivity contribution in [1.82, 2.24) is 5.32 Å². The first kappa shape index (κ1) is 13.7. The minimum Gasteiger partial charge on any atom is -0.348 e. The highest BCUT2D eigenvalue weighted by Gasteiger charge is 2.08. The molecule has 1 N–H and O–H groups in total. The zero-order valence-corrected chi connectivity index (χ0v) is 11.0. The predicted octanol–water partition coefficient (Wildman–Crippen LogP) is 2.83. The molecule has 0 aromatic heterocycles. The lowest BCUT2D eigenvalue weighted by atomic mass is 10.1. The van der Waals surface area contributed by atoms with Gasteiger partial charge in [-0.1, -0.05) is 29.8 Å². The fraction of sp³-hybridized carbons (Fsp3) is 0.133. The summed E-state index contributed by atoms with van der Waals surface area (Å²) >= 11 is 0. The number of carbonyl (C=O) groups excluding carboxylic acids is 1. The number of carbonyl (C=O) groups is 1. The lowest BCUT2D eigenvalue weighted by Gasteiger charge is -2.05. The van der Waals surface area contributed by atoms with Crippen LogP contribution in [0.25, 0.3) is 0 Å². The monoisotopic (exact) mass is 270 g/mol. The van der Waals surface area contributed by atoms with Gasteiger partial charge in [0.05, 0.1) is 4.92 Å². The van der Waals surface area contributed by atoms with E-state index in [1.165, 1.54) is 24.3 Å². The second-order valence-electron chi connectivity index (χ2n) is 4.47. The van der Waals surface area contributed by atoms with Crippen molar-refractivity contribution in [1.29, 1.82) is 0 Å². The topological polar surface area (TPSA) is 72.2 Å². The van der Waals surface area contributed by atoms with Gasteiger partial charge in [-0.25, -0.2) is 0 Å². The zero-order valence-electron chi connectivity index (χ0n) is 11.0. The molecule has 5 heteroatoms. The highest BCUT2D eigenvalue weighted by molar-refractivity contribution is 5.94. The second kappa shape index (κ2) is 5.97. The van der Waals surface area contributed by atoms with E-state index >= 15 is 0 Å². The smallest absolute Gasteiger partial charge is 0.269 e. The fourth-order valence-corrected chi connectivity index (χ4v) is 1.72. The number of amides is 1. The highest BCUT2D eigenvalue weighted by Crippen LogP contribution is 2.12. The first-order valence-electron chi connectivity index (χ1n) is 6.14. The van der Waals surface area contributed by atoms with Crippen molar-refractivity contribution >= 4 is 11.6 Å². The molecular weight excluding hydrogens is 256 g/mol. The largest absolute Gasteiger partial charge is 0.348 e. The summed E-state index contributed by atoms with van der Waals surface area (Å²) in [5.74, 6) is -0.250. The van der Waals surface area contributed by atoms with Crippen LogP contribution in [0, 0.1) is 17.0 Å². The van der Waals surface area contributed by atoms with Crippen LogP contribution in [-0.2, 0) is 6.54 Å². The molecule has 1 amide bonds. The van der Waals surface area contributed by atoms with Crippen LogP contribution in [0.1, 0.15) is 21.5 Å². The van der Waals surface area contributed by atoms with Gasteiger partial charge in [-0.2, -0.15) is 0 Å². The van der Waals surface area contributed by atoms with Crippen molar-refractivity contribution in [2.75, 3.05) is 0 Å². The molecule has 0 spiro atoms. The molecule has 0 bridgehead atoms. The number of nitro benzene ring substituents is 1. The number of hydrogen-bond acceptors (Lipinski definition) is 3. The Balaban J connectivity index is 1.97. The molecule has 0 aliphatic carbocycles. The molecule has 20 heavy (non-hydrogen) atoms. The summed E-state index contributed by atoms with van der Waals surface area (Å²) < 4.78 is 0. The lowest BCUT2D eigenvalue weighted by Crippen LogP contribution is -2.22. The average molecular weight is 270 g/mol. The first-order chi connectivity index (χ1) is 9.56. The number of benzene rings is 2. The van der Waals surface area contributed by atoms with Gasteiger partial charge in [0.1, 0.15) is 0 Å². The molecule has 0 saturated heterocycles. The quantitative estimate of drug-likeness (QED) is 0.685. The van der Waals surface area contributed by atoms with Gasteiger partial charge in [-0.15, -0.1) is 0 Å². The summed E-state index contributed by atoms with van der Waals surface area (Å²) in [4.78, 5) is 21.9. The van der Waals surface area contributed by atoms with E-state index in [0.717, 1.165) is 11.1 Å². The van der Waals surface area contributed by atoms with Gasteiger partial charge >= 0.3 is 0 Å². The minimum absolute atomic E-state index is 0.0277. The van der Waals surface area contributed by atoms with Crippen molar-refractivity contribution in [3.63, 3.8) is 0 Å².